The first-order valence-corrected chi connectivity index (χ1v) is 7.51. The highest BCUT2D eigenvalue weighted by Gasteiger charge is 2.10. The number of hydrogen-bond donors (Lipinski definition) is 3. The molecule has 124 valence electrons. The summed E-state index contributed by atoms with van der Waals surface area (Å²) in [6, 6.07) is 11.5. The van der Waals surface area contributed by atoms with E-state index in [-0.39, 0.29) is 5.96 Å². The van der Waals surface area contributed by atoms with Gasteiger partial charge in [-0.3, -0.25) is 4.79 Å². The topological polar surface area (TPSA) is 102 Å². The molecule has 5 N–H and O–H groups in total. The Morgan fingerprint density at radius 3 is 2.29 bits per heavy atom. The monoisotopic (exact) mass is 323 g/mol. The zero-order valence-electron chi connectivity index (χ0n) is 14.0. The first-order valence-electron chi connectivity index (χ1n) is 7.51. The molecule has 0 aromatic heterocycles. The van der Waals surface area contributed by atoms with Gasteiger partial charge < -0.3 is 16.6 Å². The summed E-state index contributed by atoms with van der Waals surface area (Å²) in [6.45, 7) is 5.38. The van der Waals surface area contributed by atoms with E-state index in [0.717, 1.165) is 27.8 Å². The number of amides is 1. The van der Waals surface area contributed by atoms with E-state index >= 15 is 0 Å². The van der Waals surface area contributed by atoms with Gasteiger partial charge in [0.05, 0.1) is 0 Å². The zero-order chi connectivity index (χ0) is 17.9. The Hall–Kier alpha value is -3.08. The maximum absolute atomic E-state index is 11.9. The Bertz CT molecular complexity index is 824. The lowest BCUT2D eigenvalue weighted by Crippen LogP contribution is -2.24. The van der Waals surface area contributed by atoms with Crippen LogP contribution >= 0.6 is 0 Å². The smallest absolute Gasteiger partial charge is 0.275 e. The van der Waals surface area contributed by atoms with Crippen molar-refractivity contribution in [3.05, 3.63) is 58.7 Å². The minimum absolute atomic E-state index is 0.259. The van der Waals surface area contributed by atoms with Gasteiger partial charge in [0.25, 0.3) is 5.91 Å². The van der Waals surface area contributed by atoms with E-state index in [1.165, 1.54) is 0 Å². The van der Waals surface area contributed by atoms with E-state index in [2.05, 4.69) is 4.99 Å². The Kier molecular flexibility index (Phi) is 5.04. The molecule has 0 aliphatic rings. The van der Waals surface area contributed by atoms with Gasteiger partial charge in [0.15, 0.2) is 5.96 Å². The summed E-state index contributed by atoms with van der Waals surface area (Å²) in [6.07, 6.45) is 1.75. The van der Waals surface area contributed by atoms with E-state index in [1.54, 1.807) is 13.0 Å². The first-order chi connectivity index (χ1) is 11.3. The van der Waals surface area contributed by atoms with Crippen LogP contribution in [0.2, 0.25) is 0 Å². The minimum Gasteiger partial charge on any atom is -0.507 e. The molecule has 24 heavy (non-hydrogen) atoms. The van der Waals surface area contributed by atoms with Crippen molar-refractivity contribution < 1.29 is 9.90 Å². The second kappa shape index (κ2) is 7.00. The van der Waals surface area contributed by atoms with Crippen LogP contribution in [0.3, 0.4) is 0 Å². The van der Waals surface area contributed by atoms with Crippen molar-refractivity contribution in [1.82, 2.24) is 0 Å². The second-order valence-electron chi connectivity index (χ2n) is 5.72. The number of carbonyl (C=O) groups excluding carboxylic acids is 1. The number of benzene rings is 2. The van der Waals surface area contributed by atoms with Crippen LogP contribution in [0.15, 0.2) is 47.0 Å². The number of phenolic OH excluding ortho intramolecular Hbond substituents is 1. The standard InChI is InChI=1S/C19H21N3O2/c1-11-8-15(9-12(2)17(11)23)16-7-5-4-6-14(16)10-13(3)18(24)22-19(20)21/h4-10,23H,1-3H3,(H4,20,21,22,24). The maximum atomic E-state index is 11.9. The molecule has 0 radical (unpaired) electrons. The van der Waals surface area contributed by atoms with Crippen LogP contribution < -0.4 is 11.5 Å². The van der Waals surface area contributed by atoms with Crippen LogP contribution in [0.5, 0.6) is 5.75 Å². The number of guanidine groups is 1. The molecule has 0 saturated heterocycles. The van der Waals surface area contributed by atoms with Crippen LogP contribution in [-0.4, -0.2) is 17.0 Å². The van der Waals surface area contributed by atoms with Crippen LogP contribution in [0, 0.1) is 13.8 Å². The minimum atomic E-state index is -0.470. The van der Waals surface area contributed by atoms with Crippen molar-refractivity contribution in [2.45, 2.75) is 20.8 Å². The fraction of sp³-hybridized carbons (Fsp3) is 0.158. The summed E-state index contributed by atoms with van der Waals surface area (Å²) in [7, 11) is 0. The molecule has 0 aliphatic heterocycles. The van der Waals surface area contributed by atoms with E-state index in [0.29, 0.717) is 11.3 Å². The number of rotatable bonds is 3. The SMILES string of the molecule is CC(=Cc1ccccc1-c1cc(C)c(O)c(C)c1)C(=O)N=C(N)N. The zero-order valence-corrected chi connectivity index (χ0v) is 14.0. The number of carbonyl (C=O) groups is 1. The summed E-state index contributed by atoms with van der Waals surface area (Å²) in [5.74, 6) is -0.431. The molecule has 2 rings (SSSR count). The second-order valence-corrected chi connectivity index (χ2v) is 5.72. The summed E-state index contributed by atoms with van der Waals surface area (Å²) in [5, 5.41) is 9.95. The van der Waals surface area contributed by atoms with Gasteiger partial charge in [-0.15, -0.1) is 0 Å². The lowest BCUT2D eigenvalue weighted by Gasteiger charge is -2.11. The molecule has 5 nitrogen and oxygen atoms in total. The predicted molar refractivity (Wildman–Crippen MR) is 97.5 cm³/mol. The summed E-state index contributed by atoms with van der Waals surface area (Å²) >= 11 is 0. The highest BCUT2D eigenvalue weighted by molar-refractivity contribution is 6.04. The van der Waals surface area contributed by atoms with Crippen molar-refractivity contribution in [2.24, 2.45) is 16.5 Å². The number of nitrogens with zero attached hydrogens (tertiary/aromatic N) is 1. The maximum Gasteiger partial charge on any atom is 0.275 e. The van der Waals surface area contributed by atoms with Gasteiger partial charge in [-0.2, -0.15) is 4.99 Å². The number of nitrogens with two attached hydrogens (primary N) is 2. The van der Waals surface area contributed by atoms with Gasteiger partial charge in [0.1, 0.15) is 5.75 Å². The summed E-state index contributed by atoms with van der Waals surface area (Å²) in [4.78, 5) is 15.5. The molecule has 0 spiro atoms. The third-order valence-electron chi connectivity index (χ3n) is 3.70. The molecule has 0 saturated carbocycles. The number of hydrogen-bond acceptors (Lipinski definition) is 2. The Labute approximate surface area is 141 Å². The Morgan fingerprint density at radius 2 is 1.71 bits per heavy atom. The molecular weight excluding hydrogens is 302 g/mol. The number of aromatic hydroxyl groups is 1. The van der Waals surface area contributed by atoms with Gasteiger partial charge in [0.2, 0.25) is 0 Å². The number of aryl methyl sites for hydroxylation is 2. The Balaban J connectivity index is 2.53. The molecule has 0 aliphatic carbocycles. The number of phenols is 1. The predicted octanol–water partition coefficient (Wildman–Crippen LogP) is 2.88. The van der Waals surface area contributed by atoms with Gasteiger partial charge in [-0.05, 0) is 66.8 Å². The molecule has 0 fully saturated rings. The van der Waals surface area contributed by atoms with Crippen molar-refractivity contribution in [2.75, 3.05) is 0 Å². The van der Waals surface area contributed by atoms with Crippen molar-refractivity contribution in [3.8, 4) is 16.9 Å². The van der Waals surface area contributed by atoms with Crippen molar-refractivity contribution in [3.63, 3.8) is 0 Å². The lowest BCUT2D eigenvalue weighted by molar-refractivity contribution is -0.114. The normalized spacial score (nSPS) is 11.2. The van der Waals surface area contributed by atoms with Crippen molar-refractivity contribution in [1.29, 1.82) is 0 Å². The molecule has 5 heteroatoms. The van der Waals surface area contributed by atoms with Crippen LogP contribution in [0.1, 0.15) is 23.6 Å². The van der Waals surface area contributed by atoms with E-state index in [4.69, 9.17) is 11.5 Å². The fourth-order valence-electron chi connectivity index (χ4n) is 2.50. The molecular formula is C19H21N3O2. The molecule has 0 heterocycles. The molecule has 0 bridgehead atoms. The van der Waals surface area contributed by atoms with Gasteiger partial charge >= 0.3 is 0 Å². The largest absolute Gasteiger partial charge is 0.507 e. The molecule has 1 amide bonds. The van der Waals surface area contributed by atoms with Gasteiger partial charge in [0, 0.05) is 5.57 Å². The third kappa shape index (κ3) is 3.81. The van der Waals surface area contributed by atoms with Crippen LogP contribution in [0.25, 0.3) is 17.2 Å². The van der Waals surface area contributed by atoms with Gasteiger partial charge in [-0.1, -0.05) is 24.3 Å². The number of aliphatic imine (C=N–C) groups is 1. The molecule has 2 aromatic rings. The quantitative estimate of drug-likeness (QED) is 0.459. The van der Waals surface area contributed by atoms with Crippen molar-refractivity contribution >= 4 is 17.9 Å². The lowest BCUT2D eigenvalue weighted by atomic mass is 9.95. The van der Waals surface area contributed by atoms with E-state index in [9.17, 15) is 9.90 Å². The Morgan fingerprint density at radius 1 is 1.12 bits per heavy atom. The highest BCUT2D eigenvalue weighted by atomic mass is 16.3. The van der Waals surface area contributed by atoms with E-state index < -0.39 is 5.91 Å². The molecule has 2 aromatic carbocycles. The highest BCUT2D eigenvalue weighted by Crippen LogP contribution is 2.31. The first kappa shape index (κ1) is 17.3. The third-order valence-corrected chi connectivity index (χ3v) is 3.70. The molecule has 0 atom stereocenters. The van der Waals surface area contributed by atoms with E-state index in [1.807, 2.05) is 50.2 Å². The van der Waals surface area contributed by atoms with Crippen LogP contribution in [0.4, 0.5) is 0 Å². The fourth-order valence-corrected chi connectivity index (χ4v) is 2.50. The molecule has 0 unspecified atom stereocenters. The summed E-state index contributed by atoms with van der Waals surface area (Å²) in [5.41, 5.74) is 15.3. The van der Waals surface area contributed by atoms with Gasteiger partial charge in [-0.25, -0.2) is 0 Å². The van der Waals surface area contributed by atoms with Crippen LogP contribution in [-0.2, 0) is 4.79 Å². The average molecular weight is 323 g/mol. The average Bonchev–Trinajstić information content (AvgIpc) is 2.52. The summed E-state index contributed by atoms with van der Waals surface area (Å²) < 4.78 is 0.